The zero-order valence-corrected chi connectivity index (χ0v) is 36.9. The number of fused-ring (bicyclic) bond motifs is 1. The van der Waals surface area contributed by atoms with Gasteiger partial charge < -0.3 is 50.9 Å². The van der Waals surface area contributed by atoms with Crippen molar-refractivity contribution in [3.63, 3.8) is 0 Å². The topological polar surface area (TPSA) is 381 Å². The number of unbranched alkanes of at least 4 members (excludes halogenated alkanes) is 2. The smallest absolute Gasteiger partial charge is 0.386 e. The highest BCUT2D eigenvalue weighted by atomic mass is 79.9. The van der Waals surface area contributed by atoms with Crippen LogP contribution in [0.2, 0.25) is 0 Å². The van der Waals surface area contributed by atoms with Crippen LogP contribution < -0.4 is 16.4 Å². The number of nitrogens with one attached hydrogen (secondary N) is 2. The van der Waals surface area contributed by atoms with E-state index in [1.165, 1.54) is 13.8 Å². The summed E-state index contributed by atoms with van der Waals surface area (Å²) < 4.78 is 62.1. The minimum atomic E-state index is -5.59. The number of nitrogen functional groups attached to an aromatic ring is 1. The van der Waals surface area contributed by atoms with Crippen molar-refractivity contribution in [2.75, 3.05) is 37.8 Å². The van der Waals surface area contributed by atoms with Crippen LogP contribution in [0.5, 0.6) is 0 Å². The van der Waals surface area contributed by atoms with Gasteiger partial charge in [-0.25, -0.2) is 28.6 Å². The lowest BCUT2D eigenvalue weighted by Crippen LogP contribution is -2.46. The van der Waals surface area contributed by atoms with Crippen LogP contribution in [0.3, 0.4) is 0 Å². The van der Waals surface area contributed by atoms with Crippen molar-refractivity contribution in [1.29, 1.82) is 0 Å². The number of aliphatic hydroxyl groups excluding tert-OH is 2. The van der Waals surface area contributed by atoms with Crippen molar-refractivity contribution in [3.8, 4) is 0 Å². The Morgan fingerprint density at radius 2 is 1.71 bits per heavy atom. The predicted octanol–water partition coefficient (Wildman–Crippen LogP) is 0.578. The maximum absolute atomic E-state index is 12.7. The number of phosphoric ester groups is 3. The molecule has 0 radical (unpaired) electrons. The number of hydrogen-bond acceptors (Lipinski definition) is 19. The van der Waals surface area contributed by atoms with E-state index in [2.05, 4.69) is 50.3 Å². The lowest BCUT2D eigenvalue weighted by molar-refractivity contribution is -0.137. The molecule has 2 aromatic rings. The summed E-state index contributed by atoms with van der Waals surface area (Å²) in [6.45, 7) is 2.27. The van der Waals surface area contributed by atoms with Crippen molar-refractivity contribution in [2.45, 2.75) is 88.3 Å². The number of carbonyl (C=O) groups is 4. The molecule has 0 bridgehead atoms. The molecule has 59 heavy (non-hydrogen) atoms. The van der Waals surface area contributed by atoms with Crippen LogP contribution in [-0.4, -0.2) is 133 Å². The number of Topliss-reactive ketones (excluding diaryl/α,β-unsaturated/α-hetero) is 1. The van der Waals surface area contributed by atoms with E-state index in [9.17, 15) is 62.7 Å². The first-order valence-electron chi connectivity index (χ1n) is 17.6. The first-order chi connectivity index (χ1) is 27.4. The van der Waals surface area contributed by atoms with Crippen LogP contribution in [0, 0.1) is 5.41 Å². The van der Waals surface area contributed by atoms with E-state index < -0.39 is 89.4 Å². The van der Waals surface area contributed by atoms with Crippen LogP contribution in [0.4, 0.5) is 5.82 Å². The predicted molar refractivity (Wildman–Crippen MR) is 209 cm³/mol. The average molecular weight is 987 g/mol. The number of hydrogen-bond donors (Lipinski definition) is 9. The fourth-order valence-electron chi connectivity index (χ4n) is 5.16. The SMILES string of the molecule is CCCCCC(=O)C(Br)C(=O)SCCNC(=O)CCNC(=O)[C@H](O)C(C)(C)COP(=O)(O)OP(=O)(O)OC[C@H]1O[C@@H](n2cnc3c(N)ncnc32)[C@H](O)[C@@H]1OP(=O)(O)O. The average Bonchev–Trinajstić information content (AvgIpc) is 3.70. The molecule has 0 saturated carbocycles. The number of ether oxygens (including phenoxy) is 1. The van der Waals surface area contributed by atoms with Gasteiger partial charge in [-0.05, 0) is 6.42 Å². The molecule has 30 heteroatoms. The molecule has 0 aliphatic carbocycles. The fourth-order valence-corrected chi connectivity index (χ4v) is 9.30. The molecule has 3 heterocycles. The number of aliphatic hydroxyl groups is 2. The van der Waals surface area contributed by atoms with Crippen molar-refractivity contribution in [2.24, 2.45) is 5.41 Å². The van der Waals surface area contributed by atoms with Crippen molar-refractivity contribution in [3.05, 3.63) is 12.7 Å². The Bertz CT molecular complexity index is 1940. The number of rotatable bonds is 25. The standard InChI is InChI=1S/C29H47BrN7O18P3S/c1-4-5-6-7-16(38)19(30)28(43)59-11-10-32-18(39)8-9-33-26(42)23(41)29(2,3)13-52-58(49,50)55-57(47,48)51-12-17-22(54-56(44,45)46)21(40)27(53-17)37-15-36-20-24(31)34-14-35-25(20)37/h14-15,17,19,21-23,27,40-41H,4-13H2,1-3H3,(H,32,39)(H,33,42)(H,47,48)(H,49,50)(H2,31,34,35)(H2,44,45,46)/t17-,19?,21-,22-,23+,27-/m1/s1. The monoisotopic (exact) mass is 985 g/mol. The Labute approximate surface area is 349 Å². The zero-order chi connectivity index (χ0) is 44.3. The largest absolute Gasteiger partial charge is 0.481 e. The number of aromatic nitrogens is 4. The molecular weight excluding hydrogens is 939 g/mol. The van der Waals surface area contributed by atoms with Crippen LogP contribution >= 0.6 is 51.2 Å². The third-order valence-electron chi connectivity index (χ3n) is 8.26. The number of nitrogens with two attached hydrogens (primary N) is 1. The summed E-state index contributed by atoms with van der Waals surface area (Å²) in [5, 5.41) is 26.0. The molecule has 1 aliphatic heterocycles. The molecule has 1 fully saturated rings. The van der Waals surface area contributed by atoms with Gasteiger partial charge in [-0.1, -0.05) is 61.3 Å². The zero-order valence-electron chi connectivity index (χ0n) is 31.8. The van der Waals surface area contributed by atoms with E-state index >= 15 is 0 Å². The molecule has 0 spiro atoms. The normalized spacial score (nSPS) is 21.7. The molecule has 2 aromatic heterocycles. The number of anilines is 1. The van der Waals surface area contributed by atoms with Crippen LogP contribution in [0.25, 0.3) is 11.2 Å². The quantitative estimate of drug-likeness (QED) is 0.0284. The van der Waals surface area contributed by atoms with Gasteiger partial charge in [0, 0.05) is 37.1 Å². The molecule has 25 nitrogen and oxygen atoms in total. The Kier molecular flexibility index (Phi) is 19.2. The van der Waals surface area contributed by atoms with Gasteiger partial charge in [-0.2, -0.15) is 4.31 Å². The van der Waals surface area contributed by atoms with Gasteiger partial charge in [0.25, 0.3) is 0 Å². The third-order valence-corrected chi connectivity index (χ3v) is 13.5. The maximum atomic E-state index is 12.7. The third kappa shape index (κ3) is 15.8. The number of nitrogens with zero attached hydrogens (tertiary/aromatic N) is 4. The maximum Gasteiger partial charge on any atom is 0.481 e. The van der Waals surface area contributed by atoms with E-state index in [0.29, 0.717) is 6.42 Å². The number of ketones is 1. The van der Waals surface area contributed by atoms with E-state index in [1.807, 2.05) is 6.92 Å². The summed E-state index contributed by atoms with van der Waals surface area (Å²) in [5.74, 6) is -1.57. The Balaban J connectivity index is 1.45. The summed E-state index contributed by atoms with van der Waals surface area (Å²) in [6, 6.07) is 0. The molecule has 1 saturated heterocycles. The molecule has 3 rings (SSSR count). The summed E-state index contributed by atoms with van der Waals surface area (Å²) in [5.41, 5.74) is 4.22. The first-order valence-corrected chi connectivity index (χ1v) is 24.0. The first kappa shape index (κ1) is 51.1. The summed E-state index contributed by atoms with van der Waals surface area (Å²) in [6.07, 6.45) is -4.25. The second kappa shape index (κ2) is 22.2. The number of imidazole rings is 1. The molecule has 0 aromatic carbocycles. The Morgan fingerprint density at radius 3 is 2.37 bits per heavy atom. The van der Waals surface area contributed by atoms with Gasteiger partial charge >= 0.3 is 23.5 Å². The van der Waals surface area contributed by atoms with E-state index in [4.69, 9.17) is 19.5 Å². The second-order valence-electron chi connectivity index (χ2n) is 13.5. The van der Waals surface area contributed by atoms with Gasteiger partial charge in [0.2, 0.25) is 16.9 Å². The fraction of sp³-hybridized carbons (Fsp3) is 0.690. The van der Waals surface area contributed by atoms with Gasteiger partial charge in [0.1, 0.15) is 41.1 Å². The number of phosphoric acid groups is 3. The number of halogens is 1. The van der Waals surface area contributed by atoms with Crippen LogP contribution in [0.15, 0.2) is 12.7 Å². The molecule has 8 atom stereocenters. The van der Waals surface area contributed by atoms with Crippen molar-refractivity contribution in [1.82, 2.24) is 30.2 Å². The van der Waals surface area contributed by atoms with Gasteiger partial charge in [-0.3, -0.25) is 37.3 Å². The summed E-state index contributed by atoms with van der Waals surface area (Å²) >= 11 is 3.99. The van der Waals surface area contributed by atoms with Crippen LogP contribution in [-0.2, 0) is 55.5 Å². The molecule has 334 valence electrons. The minimum absolute atomic E-state index is 0.0236. The molecule has 3 unspecified atom stereocenters. The lowest BCUT2D eigenvalue weighted by Gasteiger charge is -2.30. The summed E-state index contributed by atoms with van der Waals surface area (Å²) in [4.78, 5) is 99.1. The molecule has 1 aliphatic rings. The van der Waals surface area contributed by atoms with Gasteiger partial charge in [0.15, 0.2) is 23.5 Å². The van der Waals surface area contributed by atoms with E-state index in [0.717, 1.165) is 41.8 Å². The minimum Gasteiger partial charge on any atom is -0.386 e. The van der Waals surface area contributed by atoms with E-state index in [1.54, 1.807) is 0 Å². The van der Waals surface area contributed by atoms with Crippen molar-refractivity contribution >= 4 is 90.9 Å². The van der Waals surface area contributed by atoms with Crippen molar-refractivity contribution < 1.29 is 85.3 Å². The highest BCUT2D eigenvalue weighted by Crippen LogP contribution is 2.61. The van der Waals surface area contributed by atoms with Gasteiger partial charge in [-0.15, -0.1) is 0 Å². The Morgan fingerprint density at radius 1 is 1.03 bits per heavy atom. The number of thioether (sulfide) groups is 1. The summed E-state index contributed by atoms with van der Waals surface area (Å²) in [7, 11) is -16.4. The van der Waals surface area contributed by atoms with Gasteiger partial charge in [0.05, 0.1) is 19.5 Å². The van der Waals surface area contributed by atoms with Crippen LogP contribution in [0.1, 0.15) is 59.1 Å². The number of amides is 2. The van der Waals surface area contributed by atoms with E-state index in [-0.39, 0.29) is 59.6 Å². The lowest BCUT2D eigenvalue weighted by atomic mass is 9.87. The number of alkyl halides is 1. The second-order valence-corrected chi connectivity index (χ2v) is 19.8. The highest BCUT2D eigenvalue weighted by molar-refractivity contribution is 9.10. The molecular formula is C29H47BrN7O18P3S. The Hall–Kier alpha value is -2.29. The molecule has 2 amide bonds. The molecule has 10 N–H and O–H groups in total. The number of carbonyl (C=O) groups excluding carboxylic acids is 4. The highest BCUT2D eigenvalue weighted by Gasteiger charge is 2.50.